The molecule has 6 nitrogen and oxygen atoms in total. The molecule has 3 heterocycles. The van der Waals surface area contributed by atoms with Gasteiger partial charge in [-0.25, -0.2) is 4.98 Å². The lowest BCUT2D eigenvalue weighted by Gasteiger charge is -2.26. The van der Waals surface area contributed by atoms with Gasteiger partial charge in [-0.15, -0.1) is 0 Å². The minimum atomic E-state index is -0.147. The zero-order chi connectivity index (χ0) is 19.7. The molecule has 144 valence electrons. The van der Waals surface area contributed by atoms with Gasteiger partial charge in [-0.2, -0.15) is 0 Å². The molecule has 1 fully saturated rings. The van der Waals surface area contributed by atoms with E-state index in [9.17, 15) is 9.59 Å². The molecule has 1 saturated heterocycles. The highest BCUT2D eigenvalue weighted by molar-refractivity contribution is 7.18. The quantitative estimate of drug-likeness (QED) is 0.684. The molecule has 28 heavy (non-hydrogen) atoms. The summed E-state index contributed by atoms with van der Waals surface area (Å²) in [5.74, 6) is -0.0761. The number of fused-ring (bicyclic) bond motifs is 1. The van der Waals surface area contributed by atoms with Crippen LogP contribution in [-0.4, -0.2) is 46.5 Å². The molecule has 0 saturated carbocycles. The van der Waals surface area contributed by atoms with Crippen LogP contribution in [0, 0.1) is 13.8 Å². The van der Waals surface area contributed by atoms with Gasteiger partial charge in [0.25, 0.3) is 11.5 Å². The van der Waals surface area contributed by atoms with Crippen LogP contribution in [0.25, 0.3) is 17.1 Å². The lowest BCUT2D eigenvalue weighted by Crippen LogP contribution is -2.40. The Bertz CT molecular complexity index is 1120. The number of benzene rings is 1. The number of nitrogens with zero attached hydrogens (tertiary/aromatic N) is 3. The van der Waals surface area contributed by atoms with Crippen LogP contribution in [0.5, 0.6) is 0 Å². The number of aromatic nitrogens is 2. The number of carbonyl (C=O) groups excluding carboxylic acids is 1. The van der Waals surface area contributed by atoms with E-state index in [1.807, 2.05) is 43.3 Å². The SMILES string of the molecule is Cc1ccccc1/C=C/c1nc2sc(C(=O)N3CCOCC3)cn2c(=O)c1C. The number of aryl methyl sites for hydroxylation is 1. The molecule has 2 aromatic heterocycles. The van der Waals surface area contributed by atoms with Crippen molar-refractivity contribution in [3.05, 3.63) is 68.1 Å². The topological polar surface area (TPSA) is 63.9 Å². The van der Waals surface area contributed by atoms with Gasteiger partial charge in [-0.05, 0) is 31.1 Å². The van der Waals surface area contributed by atoms with E-state index < -0.39 is 0 Å². The lowest BCUT2D eigenvalue weighted by atomic mass is 10.1. The first-order chi connectivity index (χ1) is 13.5. The Morgan fingerprint density at radius 2 is 1.93 bits per heavy atom. The van der Waals surface area contributed by atoms with E-state index in [1.54, 1.807) is 18.0 Å². The number of carbonyl (C=O) groups is 1. The van der Waals surface area contributed by atoms with Crippen LogP contribution in [0.15, 0.2) is 35.3 Å². The molecule has 1 aliphatic heterocycles. The second-order valence-corrected chi connectivity index (χ2v) is 7.78. The predicted octanol–water partition coefficient (Wildman–Crippen LogP) is 3.02. The van der Waals surface area contributed by atoms with E-state index in [0.29, 0.717) is 47.4 Å². The zero-order valence-corrected chi connectivity index (χ0v) is 16.7. The maximum atomic E-state index is 12.8. The Kier molecular flexibility index (Phi) is 5.11. The van der Waals surface area contributed by atoms with Crippen molar-refractivity contribution in [2.45, 2.75) is 13.8 Å². The molecular weight excluding hydrogens is 374 g/mol. The molecule has 0 atom stereocenters. The Balaban J connectivity index is 1.70. The number of amides is 1. The van der Waals surface area contributed by atoms with Gasteiger partial charge in [0.15, 0.2) is 4.96 Å². The van der Waals surface area contributed by atoms with Gasteiger partial charge < -0.3 is 9.64 Å². The predicted molar refractivity (Wildman–Crippen MR) is 111 cm³/mol. The largest absolute Gasteiger partial charge is 0.378 e. The van der Waals surface area contributed by atoms with Crippen molar-refractivity contribution >= 4 is 34.4 Å². The first-order valence-corrected chi connectivity index (χ1v) is 10.00. The molecule has 0 spiro atoms. The number of morpholine rings is 1. The third-order valence-electron chi connectivity index (χ3n) is 4.91. The van der Waals surface area contributed by atoms with Gasteiger partial charge in [-0.1, -0.05) is 41.7 Å². The smallest absolute Gasteiger partial charge is 0.265 e. The third-order valence-corrected chi connectivity index (χ3v) is 5.88. The maximum Gasteiger partial charge on any atom is 0.265 e. The molecule has 1 aliphatic rings. The van der Waals surface area contributed by atoms with Crippen molar-refractivity contribution in [2.24, 2.45) is 0 Å². The van der Waals surface area contributed by atoms with Gasteiger partial charge in [0, 0.05) is 24.8 Å². The summed E-state index contributed by atoms with van der Waals surface area (Å²) in [4.78, 5) is 32.9. The normalized spacial score (nSPS) is 14.9. The number of hydrogen-bond acceptors (Lipinski definition) is 5. The second kappa shape index (κ2) is 7.69. The molecular formula is C21H21N3O3S. The fourth-order valence-corrected chi connectivity index (χ4v) is 4.12. The Labute approximate surface area is 166 Å². The van der Waals surface area contributed by atoms with E-state index >= 15 is 0 Å². The highest BCUT2D eigenvalue weighted by atomic mass is 32.1. The van der Waals surface area contributed by atoms with Crippen LogP contribution in [0.2, 0.25) is 0 Å². The molecule has 0 radical (unpaired) electrons. The van der Waals surface area contributed by atoms with E-state index in [-0.39, 0.29) is 11.5 Å². The summed E-state index contributed by atoms with van der Waals surface area (Å²) in [6.07, 6.45) is 5.44. The summed E-state index contributed by atoms with van der Waals surface area (Å²) in [6, 6.07) is 8.04. The van der Waals surface area contributed by atoms with E-state index in [4.69, 9.17) is 4.74 Å². The zero-order valence-electron chi connectivity index (χ0n) is 15.8. The molecule has 3 aromatic rings. The molecule has 7 heteroatoms. The van der Waals surface area contributed by atoms with Crippen molar-refractivity contribution in [3.63, 3.8) is 0 Å². The van der Waals surface area contributed by atoms with Gasteiger partial charge >= 0.3 is 0 Å². The summed E-state index contributed by atoms with van der Waals surface area (Å²) >= 11 is 1.25. The van der Waals surface area contributed by atoms with Crippen LogP contribution in [0.3, 0.4) is 0 Å². The Morgan fingerprint density at radius 1 is 1.18 bits per heavy atom. The van der Waals surface area contributed by atoms with Crippen LogP contribution in [0.4, 0.5) is 0 Å². The first kappa shape index (κ1) is 18.6. The summed E-state index contributed by atoms with van der Waals surface area (Å²) in [7, 11) is 0. The summed E-state index contributed by atoms with van der Waals surface area (Å²) in [5, 5.41) is 0. The highest BCUT2D eigenvalue weighted by Crippen LogP contribution is 2.20. The van der Waals surface area contributed by atoms with E-state index in [1.165, 1.54) is 15.7 Å². The fraction of sp³-hybridized carbons (Fsp3) is 0.286. The van der Waals surface area contributed by atoms with Crippen LogP contribution in [-0.2, 0) is 4.74 Å². The average molecular weight is 395 g/mol. The van der Waals surface area contributed by atoms with Gasteiger partial charge in [-0.3, -0.25) is 14.0 Å². The summed E-state index contributed by atoms with van der Waals surface area (Å²) in [6.45, 7) is 6.03. The Hall–Kier alpha value is -2.77. The van der Waals surface area contributed by atoms with Crippen molar-refractivity contribution < 1.29 is 9.53 Å². The van der Waals surface area contributed by atoms with Gasteiger partial charge in [0.05, 0.1) is 18.9 Å². The van der Waals surface area contributed by atoms with E-state index in [0.717, 1.165) is 11.1 Å². The Morgan fingerprint density at radius 3 is 2.68 bits per heavy atom. The fourth-order valence-electron chi connectivity index (χ4n) is 3.17. The third kappa shape index (κ3) is 3.50. The maximum absolute atomic E-state index is 12.8. The van der Waals surface area contributed by atoms with Crippen molar-refractivity contribution in [3.8, 4) is 0 Å². The van der Waals surface area contributed by atoms with Crippen molar-refractivity contribution in [2.75, 3.05) is 26.3 Å². The minimum absolute atomic E-state index is 0.0761. The molecule has 4 rings (SSSR count). The highest BCUT2D eigenvalue weighted by Gasteiger charge is 2.22. The molecule has 1 amide bonds. The standard InChI is InChI=1S/C21H21N3O3S/c1-14-5-3-4-6-16(14)7-8-17-15(2)19(25)24-13-18(28-21(24)22-17)20(26)23-9-11-27-12-10-23/h3-8,13H,9-12H2,1-2H3/b8-7+. The minimum Gasteiger partial charge on any atom is -0.378 e. The average Bonchev–Trinajstić information content (AvgIpc) is 3.15. The monoisotopic (exact) mass is 395 g/mol. The number of ether oxygens (including phenoxy) is 1. The first-order valence-electron chi connectivity index (χ1n) is 9.18. The summed E-state index contributed by atoms with van der Waals surface area (Å²) < 4.78 is 6.77. The molecule has 1 aromatic carbocycles. The van der Waals surface area contributed by atoms with Crippen LogP contribution in [0.1, 0.15) is 32.1 Å². The second-order valence-electron chi connectivity index (χ2n) is 6.77. The van der Waals surface area contributed by atoms with Crippen LogP contribution >= 0.6 is 11.3 Å². The van der Waals surface area contributed by atoms with Crippen molar-refractivity contribution in [1.82, 2.24) is 14.3 Å². The number of hydrogen-bond donors (Lipinski definition) is 0. The van der Waals surface area contributed by atoms with Gasteiger partial charge in [0.1, 0.15) is 4.88 Å². The molecule has 0 unspecified atom stereocenters. The molecule has 0 bridgehead atoms. The summed E-state index contributed by atoms with van der Waals surface area (Å²) in [5.41, 5.74) is 3.28. The lowest BCUT2D eigenvalue weighted by molar-refractivity contribution is 0.0306. The number of thiazole rings is 1. The van der Waals surface area contributed by atoms with Crippen LogP contribution < -0.4 is 5.56 Å². The molecule has 0 aliphatic carbocycles. The van der Waals surface area contributed by atoms with Gasteiger partial charge in [0.2, 0.25) is 0 Å². The van der Waals surface area contributed by atoms with E-state index in [2.05, 4.69) is 4.98 Å². The number of rotatable bonds is 3. The molecule has 0 N–H and O–H groups in total. The van der Waals surface area contributed by atoms with Crippen molar-refractivity contribution in [1.29, 1.82) is 0 Å².